The summed E-state index contributed by atoms with van der Waals surface area (Å²) in [6.07, 6.45) is 1.22. The molecule has 1 fully saturated rings. The first kappa shape index (κ1) is 11.4. The molecule has 0 spiro atoms. The van der Waals surface area contributed by atoms with Crippen molar-refractivity contribution < 1.29 is 0 Å². The molecule has 0 saturated carbocycles. The largest absolute Gasteiger partial charge is 0.368 e. The van der Waals surface area contributed by atoms with Gasteiger partial charge in [-0.3, -0.25) is 4.90 Å². The first-order chi connectivity index (χ1) is 7.65. The summed E-state index contributed by atoms with van der Waals surface area (Å²) in [5.41, 5.74) is 11.0. The molecule has 1 aliphatic heterocycles. The van der Waals surface area contributed by atoms with Gasteiger partial charge in [-0.05, 0) is 19.2 Å². The number of hydrogen-bond acceptors (Lipinski definition) is 7. The number of thioether (sulfide) groups is 1. The minimum atomic E-state index is 0.191. The van der Waals surface area contributed by atoms with Gasteiger partial charge in [0.15, 0.2) is 0 Å². The number of aromatic nitrogens is 3. The van der Waals surface area contributed by atoms with Crippen molar-refractivity contribution in [3.05, 3.63) is 5.82 Å². The summed E-state index contributed by atoms with van der Waals surface area (Å²) >= 11 is 1.98. The third-order valence-corrected chi connectivity index (χ3v) is 3.78. The van der Waals surface area contributed by atoms with Gasteiger partial charge in [-0.1, -0.05) is 0 Å². The lowest BCUT2D eigenvalue weighted by atomic mass is 10.2. The molecule has 1 atom stereocenters. The van der Waals surface area contributed by atoms with Crippen LogP contribution in [-0.4, -0.2) is 44.4 Å². The molecule has 0 bridgehead atoms. The SMILES string of the molecule is CN(Cc1nc(N)nc(N)n1)[C@@H]1CCSC1. The quantitative estimate of drug-likeness (QED) is 0.766. The Morgan fingerprint density at radius 2 is 2.00 bits per heavy atom. The van der Waals surface area contributed by atoms with Crippen LogP contribution in [0.3, 0.4) is 0 Å². The van der Waals surface area contributed by atoms with Gasteiger partial charge in [0.05, 0.1) is 6.54 Å². The van der Waals surface area contributed by atoms with Crippen molar-refractivity contribution in [2.24, 2.45) is 0 Å². The number of nitrogens with two attached hydrogens (primary N) is 2. The van der Waals surface area contributed by atoms with Crippen LogP contribution in [0.25, 0.3) is 0 Å². The van der Waals surface area contributed by atoms with Gasteiger partial charge in [0.25, 0.3) is 0 Å². The van der Waals surface area contributed by atoms with Gasteiger partial charge < -0.3 is 11.5 Å². The van der Waals surface area contributed by atoms with Gasteiger partial charge in [-0.25, -0.2) is 0 Å². The minimum absolute atomic E-state index is 0.191. The fourth-order valence-corrected chi connectivity index (χ4v) is 3.05. The molecule has 1 aliphatic rings. The molecule has 7 heteroatoms. The smallest absolute Gasteiger partial charge is 0.225 e. The first-order valence-electron chi connectivity index (χ1n) is 5.19. The fourth-order valence-electron chi connectivity index (χ4n) is 1.75. The normalized spacial score (nSPS) is 20.5. The molecule has 0 unspecified atom stereocenters. The zero-order valence-corrected chi connectivity index (χ0v) is 10.1. The molecular weight excluding hydrogens is 224 g/mol. The average molecular weight is 240 g/mol. The minimum Gasteiger partial charge on any atom is -0.368 e. The Morgan fingerprint density at radius 3 is 2.56 bits per heavy atom. The standard InChI is InChI=1S/C9H16N6S/c1-15(6-2-3-16-5-6)4-7-12-8(10)14-9(11)13-7/h6H,2-5H2,1H3,(H4,10,11,12,13,14)/t6-/m1/s1. The third-order valence-electron chi connectivity index (χ3n) is 2.64. The Hall–Kier alpha value is -1.08. The molecule has 16 heavy (non-hydrogen) atoms. The van der Waals surface area contributed by atoms with E-state index in [2.05, 4.69) is 26.9 Å². The zero-order chi connectivity index (χ0) is 11.5. The summed E-state index contributed by atoms with van der Waals surface area (Å²) in [4.78, 5) is 14.1. The van der Waals surface area contributed by atoms with E-state index in [0.717, 1.165) is 0 Å². The summed E-state index contributed by atoms with van der Waals surface area (Å²) in [5, 5.41) is 0. The molecule has 2 rings (SSSR count). The van der Waals surface area contributed by atoms with Crippen molar-refractivity contribution in [3.8, 4) is 0 Å². The maximum absolute atomic E-state index is 5.52. The Balaban J connectivity index is 2.02. The van der Waals surface area contributed by atoms with Crippen LogP contribution in [0, 0.1) is 0 Å². The van der Waals surface area contributed by atoms with E-state index in [0.29, 0.717) is 18.4 Å². The maximum atomic E-state index is 5.52. The number of hydrogen-bond donors (Lipinski definition) is 2. The second-order valence-electron chi connectivity index (χ2n) is 3.90. The number of rotatable bonds is 3. The predicted octanol–water partition coefficient (Wildman–Crippen LogP) is -0.0267. The second kappa shape index (κ2) is 4.84. The highest BCUT2D eigenvalue weighted by atomic mass is 32.2. The van der Waals surface area contributed by atoms with E-state index in [1.165, 1.54) is 17.9 Å². The van der Waals surface area contributed by atoms with Crippen LogP contribution in [0.5, 0.6) is 0 Å². The Bertz CT molecular complexity index is 345. The Kier molecular flexibility index (Phi) is 3.45. The summed E-state index contributed by atoms with van der Waals surface area (Å²) in [5.74, 6) is 3.43. The number of nitrogen functional groups attached to an aromatic ring is 2. The van der Waals surface area contributed by atoms with Gasteiger partial charge >= 0.3 is 0 Å². The van der Waals surface area contributed by atoms with E-state index in [4.69, 9.17) is 11.5 Å². The van der Waals surface area contributed by atoms with E-state index in [9.17, 15) is 0 Å². The Labute approximate surface area is 98.8 Å². The molecule has 0 radical (unpaired) electrons. The maximum Gasteiger partial charge on any atom is 0.225 e. The molecule has 0 amide bonds. The van der Waals surface area contributed by atoms with Gasteiger partial charge in [0.2, 0.25) is 11.9 Å². The van der Waals surface area contributed by atoms with Crippen molar-refractivity contribution in [1.82, 2.24) is 19.9 Å². The van der Waals surface area contributed by atoms with E-state index >= 15 is 0 Å². The lowest BCUT2D eigenvalue weighted by Gasteiger charge is -2.22. The molecule has 0 aliphatic carbocycles. The molecule has 6 nitrogen and oxygen atoms in total. The lowest BCUT2D eigenvalue weighted by molar-refractivity contribution is 0.248. The van der Waals surface area contributed by atoms with Gasteiger partial charge in [0, 0.05) is 11.8 Å². The van der Waals surface area contributed by atoms with Crippen molar-refractivity contribution in [2.45, 2.75) is 19.0 Å². The van der Waals surface area contributed by atoms with E-state index < -0.39 is 0 Å². The van der Waals surface area contributed by atoms with Crippen molar-refractivity contribution in [1.29, 1.82) is 0 Å². The van der Waals surface area contributed by atoms with Crippen molar-refractivity contribution >= 4 is 23.7 Å². The lowest BCUT2D eigenvalue weighted by Crippen LogP contribution is -2.31. The summed E-state index contributed by atoms with van der Waals surface area (Å²) in [7, 11) is 2.08. The fraction of sp³-hybridized carbons (Fsp3) is 0.667. The van der Waals surface area contributed by atoms with Crippen LogP contribution in [0.1, 0.15) is 12.2 Å². The van der Waals surface area contributed by atoms with Crippen LogP contribution < -0.4 is 11.5 Å². The van der Waals surface area contributed by atoms with E-state index in [-0.39, 0.29) is 11.9 Å². The molecule has 0 aromatic carbocycles. The molecule has 1 aromatic heterocycles. The molecule has 1 aromatic rings. The highest BCUT2D eigenvalue weighted by Gasteiger charge is 2.20. The van der Waals surface area contributed by atoms with E-state index in [1.807, 2.05) is 11.8 Å². The van der Waals surface area contributed by atoms with E-state index in [1.54, 1.807) is 0 Å². The average Bonchev–Trinajstić information content (AvgIpc) is 2.68. The topological polar surface area (TPSA) is 94.0 Å². The van der Waals surface area contributed by atoms with Crippen LogP contribution in [0.15, 0.2) is 0 Å². The van der Waals surface area contributed by atoms with Crippen LogP contribution in [0.2, 0.25) is 0 Å². The predicted molar refractivity (Wildman–Crippen MR) is 65.8 cm³/mol. The zero-order valence-electron chi connectivity index (χ0n) is 9.26. The van der Waals surface area contributed by atoms with Gasteiger partial charge in [-0.2, -0.15) is 26.7 Å². The highest BCUT2D eigenvalue weighted by molar-refractivity contribution is 7.99. The van der Waals surface area contributed by atoms with Gasteiger partial charge in [0.1, 0.15) is 5.82 Å². The molecular formula is C9H16N6S. The molecule has 2 heterocycles. The second-order valence-corrected chi connectivity index (χ2v) is 5.05. The van der Waals surface area contributed by atoms with Gasteiger partial charge in [-0.15, -0.1) is 0 Å². The molecule has 4 N–H and O–H groups in total. The van der Waals surface area contributed by atoms with Crippen LogP contribution >= 0.6 is 11.8 Å². The first-order valence-corrected chi connectivity index (χ1v) is 6.34. The summed E-state index contributed by atoms with van der Waals surface area (Å²) < 4.78 is 0. The Morgan fingerprint density at radius 1 is 1.31 bits per heavy atom. The summed E-state index contributed by atoms with van der Waals surface area (Å²) in [6.45, 7) is 0.669. The van der Waals surface area contributed by atoms with Crippen molar-refractivity contribution in [2.75, 3.05) is 30.0 Å². The number of anilines is 2. The summed E-state index contributed by atoms with van der Waals surface area (Å²) in [6, 6.07) is 0.601. The molecule has 88 valence electrons. The van der Waals surface area contributed by atoms with Crippen LogP contribution in [0.4, 0.5) is 11.9 Å². The highest BCUT2D eigenvalue weighted by Crippen LogP contribution is 2.22. The van der Waals surface area contributed by atoms with Crippen molar-refractivity contribution in [3.63, 3.8) is 0 Å². The molecule has 1 saturated heterocycles. The van der Waals surface area contributed by atoms with Crippen LogP contribution in [-0.2, 0) is 6.54 Å². The monoisotopic (exact) mass is 240 g/mol. The number of nitrogens with zero attached hydrogens (tertiary/aromatic N) is 4. The third kappa shape index (κ3) is 2.73.